The molecule has 0 aliphatic carbocycles. The van der Waals surface area contributed by atoms with Gasteiger partial charge in [-0.15, -0.1) is 10.2 Å². The largest absolute Gasteiger partial charge is 0.504 e. The smallest absolute Gasteiger partial charge is 0.165 e. The molecule has 0 amide bonds. The van der Waals surface area contributed by atoms with E-state index in [2.05, 4.69) is 10.2 Å². The van der Waals surface area contributed by atoms with E-state index in [1.165, 1.54) is 23.5 Å². The number of phenols is 1. The summed E-state index contributed by atoms with van der Waals surface area (Å²) in [5.41, 5.74) is 1.05. The van der Waals surface area contributed by atoms with Crippen molar-refractivity contribution in [3.8, 4) is 38.4 Å². The summed E-state index contributed by atoms with van der Waals surface area (Å²) >= 11 is 7.50. The van der Waals surface area contributed by atoms with Crippen molar-refractivity contribution in [3.63, 3.8) is 0 Å². The van der Waals surface area contributed by atoms with Crippen molar-refractivity contribution in [1.82, 2.24) is 10.2 Å². The molecule has 1 heterocycles. The molecule has 0 fully saturated rings. The fourth-order valence-electron chi connectivity index (χ4n) is 2.50. The number of halogens is 2. The van der Waals surface area contributed by atoms with Crippen LogP contribution in [0.5, 0.6) is 17.2 Å². The fourth-order valence-corrected chi connectivity index (χ4v) is 3.67. The molecular weight excluding hydrogens is 419 g/mol. The maximum absolute atomic E-state index is 14.3. The molecule has 9 heteroatoms. The van der Waals surface area contributed by atoms with Gasteiger partial charge in [0.25, 0.3) is 0 Å². The number of rotatable bonds is 8. The van der Waals surface area contributed by atoms with Crippen molar-refractivity contribution in [1.29, 1.82) is 0 Å². The van der Waals surface area contributed by atoms with Gasteiger partial charge in [-0.2, -0.15) is 0 Å². The van der Waals surface area contributed by atoms with E-state index in [9.17, 15) is 9.50 Å². The Morgan fingerprint density at radius 2 is 1.90 bits per heavy atom. The summed E-state index contributed by atoms with van der Waals surface area (Å²) < 4.78 is 25.1. The highest BCUT2D eigenvalue weighted by atomic mass is 35.5. The lowest BCUT2D eigenvalue weighted by molar-refractivity contribution is 0.228. The van der Waals surface area contributed by atoms with Crippen LogP contribution in [-0.4, -0.2) is 39.7 Å². The van der Waals surface area contributed by atoms with Crippen molar-refractivity contribution < 1.29 is 24.1 Å². The zero-order valence-corrected chi connectivity index (χ0v) is 17.4. The SMILES string of the molecule is CC(C)Oc1ccc(-c2nnc(-c3cc(F)c(OCCCO)cc3Cl)s2)cc1O. The number of ether oxygens (including phenoxy) is 2. The maximum atomic E-state index is 14.3. The van der Waals surface area contributed by atoms with Crippen molar-refractivity contribution >= 4 is 22.9 Å². The molecule has 0 radical (unpaired) electrons. The molecule has 0 saturated carbocycles. The van der Waals surface area contributed by atoms with E-state index in [0.29, 0.717) is 33.3 Å². The van der Waals surface area contributed by atoms with E-state index in [1.807, 2.05) is 13.8 Å². The lowest BCUT2D eigenvalue weighted by Crippen LogP contribution is -2.05. The summed E-state index contributed by atoms with van der Waals surface area (Å²) in [4.78, 5) is 0. The first-order chi connectivity index (χ1) is 13.9. The summed E-state index contributed by atoms with van der Waals surface area (Å²) in [6.07, 6.45) is 0.333. The average molecular weight is 439 g/mol. The number of aliphatic hydroxyl groups excluding tert-OH is 1. The molecule has 0 spiro atoms. The molecule has 3 rings (SSSR count). The highest BCUT2D eigenvalue weighted by Gasteiger charge is 2.17. The standard InChI is InChI=1S/C20H20ClFN2O4S/c1-11(2)28-17-5-4-12(8-16(17)26)19-23-24-20(29-19)13-9-15(22)18(10-14(13)21)27-7-3-6-25/h4-5,8-11,25-26H,3,6-7H2,1-2H3. The zero-order valence-electron chi connectivity index (χ0n) is 15.9. The summed E-state index contributed by atoms with van der Waals surface area (Å²) in [6, 6.07) is 7.60. The van der Waals surface area contributed by atoms with Crippen LogP contribution in [0.4, 0.5) is 4.39 Å². The lowest BCUT2D eigenvalue weighted by atomic mass is 10.2. The molecule has 6 nitrogen and oxygen atoms in total. The second-order valence-electron chi connectivity index (χ2n) is 6.45. The van der Waals surface area contributed by atoms with Crippen molar-refractivity contribution in [2.24, 2.45) is 0 Å². The van der Waals surface area contributed by atoms with E-state index in [1.54, 1.807) is 18.2 Å². The van der Waals surface area contributed by atoms with E-state index in [4.69, 9.17) is 26.2 Å². The molecule has 2 aromatic carbocycles. The Kier molecular flexibility index (Phi) is 6.89. The molecule has 0 bridgehead atoms. The van der Waals surface area contributed by atoms with E-state index >= 15 is 0 Å². The number of aromatic nitrogens is 2. The second kappa shape index (κ2) is 9.39. The molecule has 0 unspecified atom stereocenters. The van der Waals surface area contributed by atoms with Gasteiger partial charge in [0.05, 0.1) is 17.7 Å². The Morgan fingerprint density at radius 3 is 2.59 bits per heavy atom. The first-order valence-corrected chi connectivity index (χ1v) is 10.1. The van der Waals surface area contributed by atoms with Crippen LogP contribution in [0, 0.1) is 5.82 Å². The van der Waals surface area contributed by atoms with E-state index in [0.717, 1.165) is 0 Å². The van der Waals surface area contributed by atoms with Gasteiger partial charge in [-0.3, -0.25) is 0 Å². The highest BCUT2D eigenvalue weighted by Crippen LogP contribution is 2.39. The minimum Gasteiger partial charge on any atom is -0.504 e. The number of aliphatic hydroxyl groups is 1. The summed E-state index contributed by atoms with van der Waals surface area (Å²) in [5, 5.41) is 28.4. The third kappa shape index (κ3) is 5.14. The number of aromatic hydroxyl groups is 1. The normalized spacial score (nSPS) is 11.1. The van der Waals surface area contributed by atoms with Crippen molar-refractivity contribution in [2.75, 3.05) is 13.2 Å². The van der Waals surface area contributed by atoms with Gasteiger partial charge in [0.1, 0.15) is 10.0 Å². The summed E-state index contributed by atoms with van der Waals surface area (Å²) in [7, 11) is 0. The van der Waals surface area contributed by atoms with Crippen LogP contribution in [0.15, 0.2) is 30.3 Å². The highest BCUT2D eigenvalue weighted by molar-refractivity contribution is 7.18. The topological polar surface area (TPSA) is 84.7 Å². The molecule has 0 aliphatic heterocycles. The number of hydrogen-bond acceptors (Lipinski definition) is 7. The Balaban J connectivity index is 1.84. The lowest BCUT2D eigenvalue weighted by Gasteiger charge is -2.11. The van der Waals surface area contributed by atoms with Crippen LogP contribution in [-0.2, 0) is 0 Å². The molecule has 3 aromatic rings. The third-order valence-electron chi connectivity index (χ3n) is 3.81. The summed E-state index contributed by atoms with van der Waals surface area (Å²) in [6.45, 7) is 3.89. The van der Waals surface area contributed by atoms with Crippen molar-refractivity contribution in [3.05, 3.63) is 41.2 Å². The Labute approximate surface area is 176 Å². The maximum Gasteiger partial charge on any atom is 0.165 e. The first kappa shape index (κ1) is 21.3. The van der Waals surface area contributed by atoms with Crippen molar-refractivity contribution in [2.45, 2.75) is 26.4 Å². The predicted molar refractivity (Wildman–Crippen MR) is 110 cm³/mol. The van der Waals surface area contributed by atoms with Gasteiger partial charge in [-0.05, 0) is 38.1 Å². The Bertz CT molecular complexity index is 997. The molecule has 1 aromatic heterocycles. The minimum absolute atomic E-state index is 0.00130. The van der Waals surface area contributed by atoms with Gasteiger partial charge in [0.15, 0.2) is 23.1 Å². The number of nitrogens with zero attached hydrogens (tertiary/aromatic N) is 2. The number of hydrogen-bond donors (Lipinski definition) is 2. The monoisotopic (exact) mass is 438 g/mol. The zero-order chi connectivity index (χ0) is 21.0. The molecule has 154 valence electrons. The fraction of sp³-hybridized carbons (Fsp3) is 0.300. The van der Waals surface area contributed by atoms with E-state index < -0.39 is 5.82 Å². The van der Waals surface area contributed by atoms with Crippen LogP contribution in [0.3, 0.4) is 0 Å². The van der Waals surface area contributed by atoms with Crippen LogP contribution in [0.25, 0.3) is 21.1 Å². The van der Waals surface area contributed by atoms with E-state index in [-0.39, 0.29) is 35.8 Å². The first-order valence-electron chi connectivity index (χ1n) is 8.95. The summed E-state index contributed by atoms with van der Waals surface area (Å²) in [5.74, 6) is -0.175. The second-order valence-corrected chi connectivity index (χ2v) is 7.83. The van der Waals surface area contributed by atoms with Crippen LogP contribution >= 0.6 is 22.9 Å². The predicted octanol–water partition coefficient (Wildman–Crippen LogP) is 4.92. The van der Waals surface area contributed by atoms with Crippen LogP contribution in [0.1, 0.15) is 20.3 Å². The average Bonchev–Trinajstić information content (AvgIpc) is 3.15. The molecule has 0 aliphatic rings. The number of phenolic OH excluding ortho intramolecular Hbond substituents is 1. The molecule has 0 saturated heterocycles. The van der Waals surface area contributed by atoms with Gasteiger partial charge in [-0.25, -0.2) is 4.39 Å². The molecular formula is C20H20ClFN2O4S. The van der Waals surface area contributed by atoms with Crippen LogP contribution in [0.2, 0.25) is 5.02 Å². The van der Waals surface area contributed by atoms with Gasteiger partial charge < -0.3 is 19.7 Å². The number of benzene rings is 2. The van der Waals surface area contributed by atoms with Gasteiger partial charge in [-0.1, -0.05) is 22.9 Å². The molecule has 2 N–H and O–H groups in total. The Hall–Kier alpha value is -2.42. The van der Waals surface area contributed by atoms with Gasteiger partial charge in [0.2, 0.25) is 0 Å². The quantitative estimate of drug-likeness (QED) is 0.485. The minimum atomic E-state index is -0.577. The third-order valence-corrected chi connectivity index (χ3v) is 5.12. The molecule has 0 atom stereocenters. The van der Waals surface area contributed by atoms with Crippen LogP contribution < -0.4 is 9.47 Å². The van der Waals surface area contributed by atoms with Gasteiger partial charge in [0, 0.05) is 30.2 Å². The van der Waals surface area contributed by atoms with Gasteiger partial charge >= 0.3 is 0 Å². The molecule has 29 heavy (non-hydrogen) atoms. The Morgan fingerprint density at radius 1 is 1.14 bits per heavy atom.